The summed E-state index contributed by atoms with van der Waals surface area (Å²) >= 11 is 1.79. The van der Waals surface area contributed by atoms with Gasteiger partial charge < -0.3 is 10.1 Å². The van der Waals surface area contributed by atoms with Crippen molar-refractivity contribution in [3.63, 3.8) is 0 Å². The van der Waals surface area contributed by atoms with Gasteiger partial charge in [0.05, 0.1) is 13.2 Å². The minimum Gasteiger partial charge on any atom is -0.380 e. The van der Waals surface area contributed by atoms with Gasteiger partial charge in [-0.3, -0.25) is 0 Å². The minimum atomic E-state index is 0.425. The predicted octanol–water partition coefficient (Wildman–Crippen LogP) is 3.07. The molecule has 0 spiro atoms. The number of likely N-dealkylation sites (N-methyl/N-ethyl adjacent to an activating group) is 1. The molecule has 0 amide bonds. The molecule has 3 heteroatoms. The van der Waals surface area contributed by atoms with E-state index in [1.54, 1.807) is 11.3 Å². The average Bonchev–Trinajstić information content (AvgIpc) is 2.81. The predicted molar refractivity (Wildman–Crippen MR) is 74.9 cm³/mol. The van der Waals surface area contributed by atoms with E-state index in [1.165, 1.54) is 15.6 Å². The van der Waals surface area contributed by atoms with Crippen LogP contribution in [0.2, 0.25) is 0 Å². The van der Waals surface area contributed by atoms with E-state index in [2.05, 4.69) is 41.9 Å². The van der Waals surface area contributed by atoms with Crippen molar-refractivity contribution < 1.29 is 4.74 Å². The van der Waals surface area contributed by atoms with Crippen LogP contribution < -0.4 is 5.32 Å². The van der Waals surface area contributed by atoms with Crippen LogP contribution >= 0.6 is 11.3 Å². The summed E-state index contributed by atoms with van der Waals surface area (Å²) < 4.78 is 6.98. The van der Waals surface area contributed by atoms with Crippen LogP contribution in [0, 0.1) is 0 Å². The topological polar surface area (TPSA) is 21.3 Å². The Morgan fingerprint density at radius 3 is 3.06 bits per heavy atom. The number of thiophene rings is 1. The van der Waals surface area contributed by atoms with Gasteiger partial charge in [-0.2, -0.15) is 0 Å². The van der Waals surface area contributed by atoms with Gasteiger partial charge in [-0.05, 0) is 48.9 Å². The van der Waals surface area contributed by atoms with Gasteiger partial charge in [0, 0.05) is 10.7 Å². The minimum absolute atomic E-state index is 0.425. The van der Waals surface area contributed by atoms with E-state index in [4.69, 9.17) is 4.74 Å². The Morgan fingerprint density at radius 2 is 2.24 bits per heavy atom. The molecule has 0 aliphatic heterocycles. The first-order valence-corrected chi connectivity index (χ1v) is 6.88. The largest absolute Gasteiger partial charge is 0.380 e. The molecule has 0 saturated heterocycles. The van der Waals surface area contributed by atoms with Gasteiger partial charge >= 0.3 is 0 Å². The molecule has 1 aromatic carbocycles. The smallest absolute Gasteiger partial charge is 0.0616 e. The monoisotopic (exact) mass is 249 g/mol. The zero-order valence-corrected chi connectivity index (χ0v) is 11.2. The summed E-state index contributed by atoms with van der Waals surface area (Å²) in [5, 5.41) is 6.64. The Morgan fingerprint density at radius 1 is 1.35 bits per heavy atom. The molecule has 92 valence electrons. The maximum atomic E-state index is 5.62. The second kappa shape index (κ2) is 6.15. The van der Waals surface area contributed by atoms with Crippen LogP contribution in [0.5, 0.6) is 0 Å². The number of hydrogen-bond donors (Lipinski definition) is 1. The molecule has 0 saturated carbocycles. The van der Waals surface area contributed by atoms with Crippen LogP contribution in [0.1, 0.15) is 12.5 Å². The van der Waals surface area contributed by atoms with E-state index in [-0.39, 0.29) is 0 Å². The highest BCUT2D eigenvalue weighted by Gasteiger charge is 2.00. The van der Waals surface area contributed by atoms with Crippen LogP contribution in [-0.2, 0) is 11.2 Å². The third kappa shape index (κ3) is 3.53. The van der Waals surface area contributed by atoms with Crippen molar-refractivity contribution >= 4 is 21.4 Å². The first-order valence-electron chi connectivity index (χ1n) is 6.01. The third-order valence-corrected chi connectivity index (χ3v) is 3.81. The maximum absolute atomic E-state index is 5.62. The Hall–Kier alpha value is -0.900. The number of benzene rings is 1. The molecule has 1 unspecified atom stereocenters. The molecule has 0 aliphatic carbocycles. The molecule has 1 atom stereocenters. The fraction of sp³-hybridized carbons (Fsp3) is 0.429. The lowest BCUT2D eigenvalue weighted by Gasteiger charge is -2.10. The molecule has 1 aromatic heterocycles. The quantitative estimate of drug-likeness (QED) is 0.794. The van der Waals surface area contributed by atoms with Crippen molar-refractivity contribution in [3.05, 3.63) is 35.2 Å². The van der Waals surface area contributed by atoms with Gasteiger partial charge in [0.1, 0.15) is 0 Å². The maximum Gasteiger partial charge on any atom is 0.0616 e. The SMILES string of the molecule is CNC(C)COCCc1ccc2sccc2c1. The second-order valence-electron chi connectivity index (χ2n) is 4.31. The zero-order valence-electron chi connectivity index (χ0n) is 10.4. The van der Waals surface area contributed by atoms with Crippen LogP contribution in [0.15, 0.2) is 29.6 Å². The van der Waals surface area contributed by atoms with Gasteiger partial charge in [-0.25, -0.2) is 0 Å². The van der Waals surface area contributed by atoms with Crippen molar-refractivity contribution in [1.82, 2.24) is 5.32 Å². The highest BCUT2D eigenvalue weighted by atomic mass is 32.1. The third-order valence-electron chi connectivity index (χ3n) is 2.91. The van der Waals surface area contributed by atoms with E-state index in [9.17, 15) is 0 Å². The number of nitrogens with one attached hydrogen (secondary N) is 1. The van der Waals surface area contributed by atoms with Gasteiger partial charge in [-0.1, -0.05) is 12.1 Å². The standard InChI is InChI=1S/C14H19NOS/c1-11(15-2)10-16-7-5-12-3-4-14-13(9-12)6-8-17-14/h3-4,6,8-9,11,15H,5,7,10H2,1-2H3. The van der Waals surface area contributed by atoms with E-state index in [0.29, 0.717) is 6.04 Å². The molecule has 1 N–H and O–H groups in total. The molecule has 2 aromatic rings. The molecule has 2 nitrogen and oxygen atoms in total. The summed E-state index contributed by atoms with van der Waals surface area (Å²) in [6.07, 6.45) is 0.988. The summed E-state index contributed by atoms with van der Waals surface area (Å²) in [6.45, 7) is 3.69. The number of ether oxygens (including phenoxy) is 1. The fourth-order valence-corrected chi connectivity index (χ4v) is 2.48. The molecular weight excluding hydrogens is 230 g/mol. The Balaban J connectivity index is 1.82. The normalized spacial score (nSPS) is 13.1. The van der Waals surface area contributed by atoms with Crippen molar-refractivity contribution in [2.75, 3.05) is 20.3 Å². The summed E-state index contributed by atoms with van der Waals surface area (Å²) in [5.74, 6) is 0. The van der Waals surface area contributed by atoms with Gasteiger partial charge in [0.25, 0.3) is 0 Å². The molecule has 1 heterocycles. The lowest BCUT2D eigenvalue weighted by atomic mass is 10.1. The van der Waals surface area contributed by atoms with Crippen molar-refractivity contribution in [1.29, 1.82) is 0 Å². The number of hydrogen-bond acceptors (Lipinski definition) is 3. The van der Waals surface area contributed by atoms with Gasteiger partial charge in [0.15, 0.2) is 0 Å². The van der Waals surface area contributed by atoms with Crippen LogP contribution in [0.4, 0.5) is 0 Å². The number of fused-ring (bicyclic) bond motifs is 1. The highest BCUT2D eigenvalue weighted by Crippen LogP contribution is 2.21. The Kier molecular flexibility index (Phi) is 4.54. The van der Waals surface area contributed by atoms with Crippen LogP contribution in [0.25, 0.3) is 10.1 Å². The Bertz CT molecular complexity index is 466. The van der Waals surface area contributed by atoms with Crippen molar-refractivity contribution in [2.24, 2.45) is 0 Å². The van der Waals surface area contributed by atoms with Crippen molar-refractivity contribution in [3.8, 4) is 0 Å². The Labute approximate surface area is 107 Å². The lowest BCUT2D eigenvalue weighted by molar-refractivity contribution is 0.120. The first kappa shape index (κ1) is 12.6. The molecule has 0 aliphatic rings. The fourth-order valence-electron chi connectivity index (χ4n) is 1.71. The molecule has 0 radical (unpaired) electrons. The zero-order chi connectivity index (χ0) is 12.1. The molecular formula is C14H19NOS. The molecule has 0 fully saturated rings. The van der Waals surface area contributed by atoms with Crippen molar-refractivity contribution in [2.45, 2.75) is 19.4 Å². The van der Waals surface area contributed by atoms with Crippen LogP contribution in [-0.4, -0.2) is 26.3 Å². The van der Waals surface area contributed by atoms with Gasteiger partial charge in [-0.15, -0.1) is 11.3 Å². The summed E-state index contributed by atoms with van der Waals surface area (Å²) in [5.41, 5.74) is 1.35. The lowest BCUT2D eigenvalue weighted by Crippen LogP contribution is -2.27. The van der Waals surface area contributed by atoms with Gasteiger partial charge in [0.2, 0.25) is 0 Å². The molecule has 2 rings (SSSR count). The molecule has 0 bridgehead atoms. The van der Waals surface area contributed by atoms with E-state index in [0.717, 1.165) is 19.6 Å². The highest BCUT2D eigenvalue weighted by molar-refractivity contribution is 7.17. The second-order valence-corrected chi connectivity index (χ2v) is 5.26. The average molecular weight is 249 g/mol. The summed E-state index contributed by atoms with van der Waals surface area (Å²) in [4.78, 5) is 0. The summed E-state index contributed by atoms with van der Waals surface area (Å²) in [7, 11) is 1.96. The van der Waals surface area contributed by atoms with E-state index in [1.807, 2.05) is 7.05 Å². The number of rotatable bonds is 6. The molecule has 17 heavy (non-hydrogen) atoms. The van der Waals surface area contributed by atoms with E-state index < -0.39 is 0 Å². The summed E-state index contributed by atoms with van der Waals surface area (Å²) in [6, 6.07) is 9.26. The van der Waals surface area contributed by atoms with Crippen LogP contribution in [0.3, 0.4) is 0 Å². The van der Waals surface area contributed by atoms with E-state index >= 15 is 0 Å². The first-order chi connectivity index (χ1) is 8.29.